The summed E-state index contributed by atoms with van der Waals surface area (Å²) in [4.78, 5) is 11.9. The normalized spacial score (nSPS) is 11.5. The Balaban J connectivity index is 2.56. The number of carbonyl (C=O) groups is 1. The molecule has 1 rings (SSSR count). The van der Waals surface area contributed by atoms with Crippen LogP contribution in [0.25, 0.3) is 0 Å². The number of nitrogens with one attached hydrogen (secondary N) is 1. The molecule has 0 saturated carbocycles. The van der Waals surface area contributed by atoms with Gasteiger partial charge in [-0.1, -0.05) is 6.07 Å². The van der Waals surface area contributed by atoms with Crippen LogP contribution in [0, 0.1) is 0 Å². The van der Waals surface area contributed by atoms with Crippen LogP contribution in [-0.4, -0.2) is 58.8 Å². The second-order valence-corrected chi connectivity index (χ2v) is 6.67. The van der Waals surface area contributed by atoms with Gasteiger partial charge in [0, 0.05) is 38.4 Å². The zero-order valence-electron chi connectivity index (χ0n) is 13.0. The van der Waals surface area contributed by atoms with E-state index in [1.54, 1.807) is 31.4 Å². The van der Waals surface area contributed by atoms with Crippen LogP contribution in [0.15, 0.2) is 24.3 Å². The summed E-state index contributed by atoms with van der Waals surface area (Å²) in [6, 6.07) is 6.96. The van der Waals surface area contributed by atoms with Crippen molar-refractivity contribution in [1.82, 2.24) is 4.31 Å². The van der Waals surface area contributed by atoms with Crippen LogP contribution in [0.3, 0.4) is 0 Å². The smallest absolute Gasteiger partial charge is 0.225 e. The van der Waals surface area contributed by atoms with E-state index in [0.29, 0.717) is 11.4 Å². The maximum absolute atomic E-state index is 11.9. The number of sulfonamides is 1. The highest BCUT2D eigenvalue weighted by Gasteiger charge is 2.17. The Morgan fingerprint density at radius 2 is 2.00 bits per heavy atom. The average molecular weight is 330 g/mol. The molecular weight excluding hydrogens is 308 g/mol. The van der Waals surface area contributed by atoms with Crippen molar-refractivity contribution in [3.8, 4) is 5.75 Å². The number of amides is 1. The van der Waals surface area contributed by atoms with E-state index in [1.165, 1.54) is 11.4 Å². The van der Waals surface area contributed by atoms with E-state index in [1.807, 2.05) is 0 Å². The van der Waals surface area contributed by atoms with Gasteiger partial charge >= 0.3 is 0 Å². The first-order chi connectivity index (χ1) is 10.4. The van der Waals surface area contributed by atoms with Gasteiger partial charge in [0.1, 0.15) is 5.75 Å². The van der Waals surface area contributed by atoms with Crippen molar-refractivity contribution in [1.29, 1.82) is 0 Å². The van der Waals surface area contributed by atoms with Crippen LogP contribution >= 0.6 is 0 Å². The Bertz CT molecular complexity index is 589. The summed E-state index contributed by atoms with van der Waals surface area (Å²) in [5, 5.41) is 2.71. The van der Waals surface area contributed by atoms with Crippen molar-refractivity contribution in [3.63, 3.8) is 0 Å². The number of benzene rings is 1. The van der Waals surface area contributed by atoms with Gasteiger partial charge < -0.3 is 14.8 Å². The lowest BCUT2D eigenvalue weighted by atomic mass is 10.3. The summed E-state index contributed by atoms with van der Waals surface area (Å²) < 4.78 is 34.4. The lowest BCUT2D eigenvalue weighted by Gasteiger charge is -2.19. The minimum absolute atomic E-state index is 0.0635. The van der Waals surface area contributed by atoms with E-state index in [0.717, 1.165) is 6.26 Å². The molecule has 0 spiro atoms. The van der Waals surface area contributed by atoms with E-state index in [9.17, 15) is 13.2 Å². The highest BCUT2D eigenvalue weighted by atomic mass is 32.2. The first-order valence-corrected chi connectivity index (χ1v) is 8.59. The Morgan fingerprint density at radius 3 is 2.59 bits per heavy atom. The number of hydrogen-bond acceptors (Lipinski definition) is 5. The van der Waals surface area contributed by atoms with Gasteiger partial charge in [-0.25, -0.2) is 8.42 Å². The van der Waals surface area contributed by atoms with Crippen LogP contribution < -0.4 is 10.1 Å². The lowest BCUT2D eigenvalue weighted by Crippen LogP contribution is -2.35. The zero-order valence-corrected chi connectivity index (χ0v) is 13.9. The zero-order chi connectivity index (χ0) is 16.6. The van der Waals surface area contributed by atoms with Crippen molar-refractivity contribution in [2.75, 3.05) is 45.5 Å². The van der Waals surface area contributed by atoms with Crippen LogP contribution in [0.5, 0.6) is 5.75 Å². The number of ether oxygens (including phenoxy) is 2. The summed E-state index contributed by atoms with van der Waals surface area (Å²) in [6.45, 7) is 0.615. The first kappa shape index (κ1) is 18.4. The van der Waals surface area contributed by atoms with Crippen molar-refractivity contribution < 1.29 is 22.7 Å². The number of anilines is 1. The van der Waals surface area contributed by atoms with Gasteiger partial charge in [0.2, 0.25) is 15.9 Å². The van der Waals surface area contributed by atoms with Gasteiger partial charge in [-0.3, -0.25) is 4.79 Å². The molecule has 7 nitrogen and oxygen atoms in total. The van der Waals surface area contributed by atoms with Gasteiger partial charge in [0.25, 0.3) is 0 Å². The Labute approximate surface area is 131 Å². The summed E-state index contributed by atoms with van der Waals surface area (Å²) in [7, 11) is -0.325. The van der Waals surface area contributed by atoms with Gasteiger partial charge in [0.05, 0.1) is 20.0 Å². The molecule has 1 amide bonds. The van der Waals surface area contributed by atoms with Crippen molar-refractivity contribution in [3.05, 3.63) is 24.3 Å². The summed E-state index contributed by atoms with van der Waals surface area (Å²) in [6.07, 6.45) is 1.18. The third-order valence-electron chi connectivity index (χ3n) is 2.96. The van der Waals surface area contributed by atoms with E-state index < -0.39 is 10.0 Å². The molecule has 0 saturated heterocycles. The number of carbonyl (C=O) groups excluding carboxylic acids is 1. The molecule has 0 aliphatic heterocycles. The number of hydrogen-bond donors (Lipinski definition) is 1. The fourth-order valence-corrected chi connectivity index (χ4v) is 2.62. The SMILES string of the molecule is COCCN(CCC(=O)Nc1cccc(OC)c1)S(C)(=O)=O. The Morgan fingerprint density at radius 1 is 1.27 bits per heavy atom. The molecule has 1 aromatic rings. The molecule has 0 radical (unpaired) electrons. The number of rotatable bonds is 9. The predicted molar refractivity (Wildman–Crippen MR) is 84.5 cm³/mol. The van der Waals surface area contributed by atoms with E-state index in [4.69, 9.17) is 9.47 Å². The topological polar surface area (TPSA) is 84.9 Å². The Kier molecular flexibility index (Phi) is 7.30. The quantitative estimate of drug-likeness (QED) is 0.728. The molecule has 0 fully saturated rings. The molecule has 8 heteroatoms. The van der Waals surface area contributed by atoms with Crippen molar-refractivity contribution in [2.45, 2.75) is 6.42 Å². The summed E-state index contributed by atoms with van der Waals surface area (Å²) in [5.74, 6) is 0.370. The Hall–Kier alpha value is -1.64. The molecule has 22 heavy (non-hydrogen) atoms. The van der Waals surface area contributed by atoms with Crippen LogP contribution in [0.1, 0.15) is 6.42 Å². The molecule has 1 aromatic carbocycles. The largest absolute Gasteiger partial charge is 0.497 e. The summed E-state index contributed by atoms with van der Waals surface area (Å²) >= 11 is 0. The highest BCUT2D eigenvalue weighted by Crippen LogP contribution is 2.16. The van der Waals surface area contributed by atoms with Gasteiger partial charge in [0.15, 0.2) is 0 Å². The monoisotopic (exact) mass is 330 g/mol. The van der Waals surface area contributed by atoms with Crippen LogP contribution in [0.4, 0.5) is 5.69 Å². The molecule has 1 N–H and O–H groups in total. The molecule has 0 aliphatic rings. The molecule has 0 heterocycles. The fourth-order valence-electron chi connectivity index (χ4n) is 1.79. The average Bonchev–Trinajstić information content (AvgIpc) is 2.46. The second-order valence-electron chi connectivity index (χ2n) is 4.68. The minimum atomic E-state index is -3.36. The molecular formula is C14H22N2O5S. The molecule has 0 atom stereocenters. The maximum atomic E-state index is 11.9. The molecule has 124 valence electrons. The van der Waals surface area contributed by atoms with E-state index >= 15 is 0 Å². The third-order valence-corrected chi connectivity index (χ3v) is 4.26. The lowest BCUT2D eigenvalue weighted by molar-refractivity contribution is -0.116. The van der Waals surface area contributed by atoms with Gasteiger partial charge in [-0.2, -0.15) is 4.31 Å². The number of nitrogens with zero attached hydrogens (tertiary/aromatic N) is 1. The third kappa shape index (κ3) is 6.42. The maximum Gasteiger partial charge on any atom is 0.225 e. The minimum Gasteiger partial charge on any atom is -0.497 e. The second kappa shape index (κ2) is 8.72. The summed E-state index contributed by atoms with van der Waals surface area (Å²) in [5.41, 5.74) is 0.604. The molecule has 0 bridgehead atoms. The van der Waals surface area contributed by atoms with E-state index in [-0.39, 0.29) is 32.0 Å². The molecule has 0 aromatic heterocycles. The van der Waals surface area contributed by atoms with Crippen LogP contribution in [-0.2, 0) is 19.6 Å². The van der Waals surface area contributed by atoms with Crippen LogP contribution in [0.2, 0.25) is 0 Å². The standard InChI is InChI=1S/C14H22N2O5S/c1-20-10-9-16(22(3,18)19)8-7-14(17)15-12-5-4-6-13(11-12)21-2/h4-6,11H,7-10H2,1-3H3,(H,15,17). The van der Waals surface area contributed by atoms with Crippen molar-refractivity contribution >= 4 is 21.6 Å². The van der Waals surface area contributed by atoms with Gasteiger partial charge in [-0.15, -0.1) is 0 Å². The highest BCUT2D eigenvalue weighted by molar-refractivity contribution is 7.88. The fraction of sp³-hybridized carbons (Fsp3) is 0.500. The predicted octanol–water partition coefficient (Wildman–Crippen LogP) is 0.932. The van der Waals surface area contributed by atoms with E-state index in [2.05, 4.69) is 5.32 Å². The molecule has 0 unspecified atom stereocenters. The van der Waals surface area contributed by atoms with Crippen molar-refractivity contribution in [2.24, 2.45) is 0 Å². The molecule has 0 aliphatic carbocycles. The number of methoxy groups -OCH3 is 2. The van der Waals surface area contributed by atoms with Gasteiger partial charge in [-0.05, 0) is 12.1 Å². The first-order valence-electron chi connectivity index (χ1n) is 6.74.